The van der Waals surface area contributed by atoms with Gasteiger partial charge in [-0.2, -0.15) is 0 Å². The largest absolute Gasteiger partial charge is 0.370 e. The van der Waals surface area contributed by atoms with Crippen LogP contribution in [0.5, 0.6) is 0 Å². The second-order valence-corrected chi connectivity index (χ2v) is 10.4. The predicted molar refractivity (Wildman–Crippen MR) is 143 cm³/mol. The van der Waals surface area contributed by atoms with Gasteiger partial charge < -0.3 is 42.7 Å². The highest BCUT2D eigenvalue weighted by molar-refractivity contribution is 7.15. The summed E-state index contributed by atoms with van der Waals surface area (Å²) in [7, 11) is 2.22. The Balaban J connectivity index is 1.90. The minimum atomic E-state index is -1.25. The number of nitrogens with zero attached hydrogens (tertiary/aromatic N) is 2. The van der Waals surface area contributed by atoms with Crippen LogP contribution >= 0.6 is 9.39 Å². The summed E-state index contributed by atoms with van der Waals surface area (Å²) in [4.78, 5) is 83.2. The van der Waals surface area contributed by atoms with Crippen LogP contribution in [0.25, 0.3) is 0 Å². The molecule has 39 heavy (non-hydrogen) atoms. The number of aliphatic imine (C=N–C) groups is 1. The Morgan fingerprint density at radius 1 is 1.08 bits per heavy atom. The van der Waals surface area contributed by atoms with E-state index in [1.54, 1.807) is 0 Å². The first kappa shape index (κ1) is 30.2. The van der Waals surface area contributed by atoms with Gasteiger partial charge in [0.2, 0.25) is 29.5 Å². The van der Waals surface area contributed by atoms with Crippen molar-refractivity contribution in [2.45, 2.75) is 75.7 Å². The summed E-state index contributed by atoms with van der Waals surface area (Å²) in [6.07, 6.45) is 1.74. The van der Waals surface area contributed by atoms with Crippen LogP contribution in [0.1, 0.15) is 45.4 Å². The molecular formula is C23H38N9O6P. The molecule has 3 heterocycles. The Bertz CT molecular complexity index is 1020. The Kier molecular flexibility index (Phi) is 10.6. The highest BCUT2D eigenvalue weighted by atomic mass is 31.0. The number of carbonyl (C=O) groups is 6. The summed E-state index contributed by atoms with van der Waals surface area (Å²) < 4.78 is 0. The zero-order valence-corrected chi connectivity index (χ0v) is 23.1. The lowest BCUT2D eigenvalue weighted by molar-refractivity contribution is -0.149. The summed E-state index contributed by atoms with van der Waals surface area (Å²) in [5.41, 5.74) is 11.6. The lowest BCUT2D eigenvalue weighted by Crippen LogP contribution is -2.64. The lowest BCUT2D eigenvalue weighted by Gasteiger charge is -2.42. The van der Waals surface area contributed by atoms with Crippen molar-refractivity contribution in [2.75, 3.05) is 19.6 Å². The summed E-state index contributed by atoms with van der Waals surface area (Å²) in [5.74, 6) is -3.51. The van der Waals surface area contributed by atoms with Gasteiger partial charge in [0.1, 0.15) is 30.0 Å². The van der Waals surface area contributed by atoms with Crippen LogP contribution in [0, 0.1) is 5.92 Å². The van der Waals surface area contributed by atoms with Gasteiger partial charge in [0.05, 0.1) is 6.54 Å². The third kappa shape index (κ3) is 7.63. The lowest BCUT2D eigenvalue weighted by atomic mass is 9.86. The van der Waals surface area contributed by atoms with Crippen LogP contribution in [-0.2, 0) is 28.8 Å². The Morgan fingerprint density at radius 3 is 2.49 bits per heavy atom. The molecule has 2 bridgehead atoms. The van der Waals surface area contributed by atoms with Gasteiger partial charge in [0.25, 0.3) is 0 Å². The fourth-order valence-corrected chi connectivity index (χ4v) is 5.42. The zero-order chi connectivity index (χ0) is 28.7. The molecule has 0 aromatic rings. The number of ketones is 1. The number of fused-ring (bicyclic) bond motifs is 1. The minimum Gasteiger partial charge on any atom is -0.370 e. The van der Waals surface area contributed by atoms with Crippen molar-refractivity contribution in [3.05, 3.63) is 0 Å². The van der Waals surface area contributed by atoms with Crippen molar-refractivity contribution in [2.24, 2.45) is 22.4 Å². The maximum atomic E-state index is 13.6. The van der Waals surface area contributed by atoms with Crippen molar-refractivity contribution in [1.29, 1.82) is 0 Å². The van der Waals surface area contributed by atoms with Crippen LogP contribution < -0.4 is 37.8 Å². The number of rotatable bonds is 7. The third-order valence-corrected chi connectivity index (χ3v) is 7.55. The summed E-state index contributed by atoms with van der Waals surface area (Å²) in [5, 5.41) is 13.0. The molecule has 216 valence electrons. The molecule has 0 aromatic heterocycles. The molecule has 0 saturated carbocycles. The summed E-state index contributed by atoms with van der Waals surface area (Å²) in [6, 6.07) is -4.34. The summed E-state index contributed by atoms with van der Waals surface area (Å²) in [6.45, 7) is 1.20. The van der Waals surface area contributed by atoms with Gasteiger partial charge in [-0.1, -0.05) is 0 Å². The van der Waals surface area contributed by atoms with Gasteiger partial charge in [-0.25, -0.2) is 0 Å². The van der Waals surface area contributed by atoms with E-state index in [1.807, 2.05) is 0 Å². The molecule has 0 aromatic carbocycles. The van der Waals surface area contributed by atoms with E-state index in [0.29, 0.717) is 25.7 Å². The number of nitrogens with one attached hydrogen (secondary N) is 5. The van der Waals surface area contributed by atoms with E-state index in [4.69, 9.17) is 11.5 Å². The quantitative estimate of drug-likeness (QED) is 0.0695. The van der Waals surface area contributed by atoms with Gasteiger partial charge in [0.15, 0.2) is 5.96 Å². The molecule has 9 N–H and O–H groups in total. The smallest absolute Gasteiger partial charge is 0.246 e. The molecular weight excluding hydrogens is 529 g/mol. The first-order valence-electron chi connectivity index (χ1n) is 13.0. The molecule has 3 aliphatic heterocycles. The molecule has 0 radical (unpaired) electrons. The molecule has 3 fully saturated rings. The standard InChI is InChI=1S/C23H38N9O6P/c1-11(33)7-15-20(36)30-18-12(9-24)8-13-4-5-16(32(13)22(18)38)21(37)29-14(3-2-6-26-23(25)31-39)19(35)27-10-17(34)28-15/h12-16,18H,2-10,24,39H2,1H3,(H,27,35)(H,28,34)(H,29,37)(H,30,36)(H3,25,26,31)/t12-,13-,14-,15-,16-,18+/m0/s1. The minimum absolute atomic E-state index is 0.126. The average molecular weight is 568 g/mol. The van der Waals surface area contributed by atoms with Gasteiger partial charge in [-0.15, -0.1) is 0 Å². The van der Waals surface area contributed by atoms with Crippen LogP contribution in [0.3, 0.4) is 0 Å². The van der Waals surface area contributed by atoms with Crippen LogP contribution in [0.15, 0.2) is 4.99 Å². The topological polar surface area (TPSA) is 230 Å². The number of nitrogens with two attached hydrogens (primary N) is 2. The zero-order valence-electron chi connectivity index (χ0n) is 21.9. The van der Waals surface area contributed by atoms with Crippen molar-refractivity contribution in [3.63, 3.8) is 0 Å². The van der Waals surface area contributed by atoms with Gasteiger partial charge in [-0.3, -0.25) is 33.8 Å². The Labute approximate surface area is 228 Å². The monoisotopic (exact) mass is 567 g/mol. The van der Waals surface area contributed by atoms with E-state index < -0.39 is 60.2 Å². The Morgan fingerprint density at radius 2 is 1.82 bits per heavy atom. The van der Waals surface area contributed by atoms with Crippen molar-refractivity contribution < 1.29 is 28.8 Å². The first-order valence-corrected chi connectivity index (χ1v) is 13.6. The normalized spacial score (nSPS) is 30.4. The maximum absolute atomic E-state index is 13.6. The van der Waals surface area contributed by atoms with E-state index in [2.05, 4.69) is 40.7 Å². The molecule has 1 unspecified atom stereocenters. The van der Waals surface area contributed by atoms with E-state index >= 15 is 0 Å². The molecule has 3 saturated heterocycles. The number of Topliss-reactive ketones (excluding diaryl/α,β-unsaturated/α-hetero) is 1. The number of amides is 5. The number of hydrogen-bond donors (Lipinski definition) is 7. The van der Waals surface area contributed by atoms with Crippen LogP contribution in [-0.4, -0.2) is 96.0 Å². The second kappa shape index (κ2) is 13.7. The average Bonchev–Trinajstić information content (AvgIpc) is 3.33. The van der Waals surface area contributed by atoms with E-state index in [0.717, 1.165) is 0 Å². The van der Waals surface area contributed by atoms with E-state index in [9.17, 15) is 28.8 Å². The fourth-order valence-electron chi connectivity index (χ4n) is 5.33. The number of guanidine groups is 1. The van der Waals surface area contributed by atoms with Crippen LogP contribution in [0.2, 0.25) is 0 Å². The molecule has 7 atom stereocenters. The fraction of sp³-hybridized carbons (Fsp3) is 0.696. The predicted octanol–water partition coefficient (Wildman–Crippen LogP) is -3.64. The third-order valence-electron chi connectivity index (χ3n) is 7.25. The van der Waals surface area contributed by atoms with Gasteiger partial charge >= 0.3 is 0 Å². The number of piperidine rings is 1. The van der Waals surface area contributed by atoms with E-state index in [-0.39, 0.29) is 49.6 Å². The van der Waals surface area contributed by atoms with Crippen molar-refractivity contribution >= 4 is 50.7 Å². The first-order chi connectivity index (χ1) is 18.5. The van der Waals surface area contributed by atoms with Crippen LogP contribution in [0.4, 0.5) is 0 Å². The highest BCUT2D eigenvalue weighted by Gasteiger charge is 2.50. The van der Waals surface area contributed by atoms with Gasteiger partial charge in [-0.05, 0) is 55.0 Å². The molecule has 5 amide bonds. The SMILES string of the molecule is CC(=O)C[C@@H]1NC(=O)CNC(=O)[C@H](CCCN=C(N)NP)NC(=O)[C@@H]2CC[C@H]3C[C@@H](CN)[C@@H](NC1=O)C(=O)N32. The molecule has 16 heteroatoms. The highest BCUT2D eigenvalue weighted by Crippen LogP contribution is 2.35. The number of carbonyl (C=O) groups excluding carboxylic acids is 6. The van der Waals surface area contributed by atoms with Crippen molar-refractivity contribution in [1.82, 2.24) is 31.3 Å². The van der Waals surface area contributed by atoms with E-state index in [1.165, 1.54) is 11.8 Å². The van der Waals surface area contributed by atoms with Gasteiger partial charge in [0, 0.05) is 24.9 Å². The molecule has 0 aliphatic carbocycles. The molecule has 0 spiro atoms. The molecule has 15 nitrogen and oxygen atoms in total. The second-order valence-electron chi connectivity index (χ2n) is 10.1. The number of hydrogen-bond acceptors (Lipinski definition) is 8. The Hall–Kier alpha value is -3.32. The molecule has 3 rings (SSSR count). The van der Waals surface area contributed by atoms with Crippen molar-refractivity contribution in [3.8, 4) is 0 Å². The summed E-state index contributed by atoms with van der Waals surface area (Å²) >= 11 is 0. The molecule has 3 aliphatic rings. The maximum Gasteiger partial charge on any atom is 0.246 e.